The molecule has 4 N–H and O–H groups in total. The molecule has 16 heavy (non-hydrogen) atoms. The maximum Gasteiger partial charge on any atom is 0.241 e. The van der Waals surface area contributed by atoms with Crippen LogP contribution in [-0.4, -0.2) is 18.5 Å². The van der Waals surface area contributed by atoms with Gasteiger partial charge in [-0.2, -0.15) is 0 Å². The van der Waals surface area contributed by atoms with Gasteiger partial charge in [-0.25, -0.2) is 0 Å². The molecule has 0 spiro atoms. The van der Waals surface area contributed by atoms with Crippen LogP contribution >= 0.6 is 0 Å². The zero-order valence-electron chi connectivity index (χ0n) is 9.20. The van der Waals surface area contributed by atoms with Crippen molar-refractivity contribution in [3.63, 3.8) is 0 Å². The van der Waals surface area contributed by atoms with E-state index in [-0.39, 0.29) is 11.9 Å². The van der Waals surface area contributed by atoms with Crippen LogP contribution in [0, 0.1) is 0 Å². The Bertz CT molecular complexity index is 372. The average molecular weight is 219 g/mol. The molecule has 4 heteroatoms. The van der Waals surface area contributed by atoms with E-state index < -0.39 is 0 Å². The number of nitrogen functional groups attached to an aromatic ring is 1. The third kappa shape index (κ3) is 2.73. The normalized spacial score (nSPS) is 20.4. The monoisotopic (exact) mass is 219 g/mol. The summed E-state index contributed by atoms with van der Waals surface area (Å²) in [5, 5.41) is 6.08. The lowest BCUT2D eigenvalue weighted by Gasteiger charge is -2.22. The van der Waals surface area contributed by atoms with E-state index in [9.17, 15) is 4.79 Å². The predicted molar refractivity (Wildman–Crippen MR) is 65.1 cm³/mol. The molecular weight excluding hydrogens is 202 g/mol. The smallest absolute Gasteiger partial charge is 0.241 e. The summed E-state index contributed by atoms with van der Waals surface area (Å²) in [4.78, 5) is 11.9. The van der Waals surface area contributed by atoms with E-state index >= 15 is 0 Å². The highest BCUT2D eigenvalue weighted by Gasteiger charge is 2.20. The highest BCUT2D eigenvalue weighted by Crippen LogP contribution is 2.14. The van der Waals surface area contributed by atoms with E-state index in [0.29, 0.717) is 5.69 Å². The quantitative estimate of drug-likeness (QED) is 0.658. The summed E-state index contributed by atoms with van der Waals surface area (Å²) in [5.41, 5.74) is 7.07. The van der Waals surface area contributed by atoms with Gasteiger partial charge in [-0.15, -0.1) is 0 Å². The Morgan fingerprint density at radius 3 is 3.00 bits per heavy atom. The van der Waals surface area contributed by atoms with Crippen LogP contribution in [0.5, 0.6) is 0 Å². The molecule has 1 atom stereocenters. The minimum absolute atomic E-state index is 0.0327. The average Bonchev–Trinajstić information content (AvgIpc) is 2.30. The second-order valence-corrected chi connectivity index (χ2v) is 4.12. The Labute approximate surface area is 95.2 Å². The zero-order chi connectivity index (χ0) is 11.4. The molecule has 1 unspecified atom stereocenters. The van der Waals surface area contributed by atoms with Gasteiger partial charge >= 0.3 is 0 Å². The lowest BCUT2D eigenvalue weighted by molar-refractivity contribution is -0.118. The molecule has 0 aliphatic carbocycles. The lowest BCUT2D eigenvalue weighted by atomic mass is 10.0. The van der Waals surface area contributed by atoms with Crippen LogP contribution < -0.4 is 16.4 Å². The van der Waals surface area contributed by atoms with E-state index in [1.54, 1.807) is 12.1 Å². The Hall–Kier alpha value is -1.55. The zero-order valence-corrected chi connectivity index (χ0v) is 9.20. The summed E-state index contributed by atoms with van der Waals surface area (Å²) in [6.45, 7) is 0.926. The van der Waals surface area contributed by atoms with E-state index in [1.165, 1.54) is 0 Å². The summed E-state index contributed by atoms with van der Waals surface area (Å²) in [6.07, 6.45) is 3.18. The van der Waals surface area contributed by atoms with E-state index in [0.717, 1.165) is 31.5 Å². The maximum atomic E-state index is 11.9. The molecule has 1 aliphatic heterocycles. The molecule has 1 saturated heterocycles. The Morgan fingerprint density at radius 2 is 2.31 bits per heavy atom. The van der Waals surface area contributed by atoms with Crippen molar-refractivity contribution in [3.8, 4) is 0 Å². The maximum absolute atomic E-state index is 11.9. The summed E-state index contributed by atoms with van der Waals surface area (Å²) < 4.78 is 0. The van der Waals surface area contributed by atoms with Gasteiger partial charge in [0.2, 0.25) is 5.91 Å². The number of benzene rings is 1. The van der Waals surface area contributed by atoms with Crippen LogP contribution in [0.25, 0.3) is 0 Å². The molecule has 1 aromatic carbocycles. The number of amides is 1. The molecular formula is C12H17N3O. The van der Waals surface area contributed by atoms with Gasteiger partial charge in [0.1, 0.15) is 0 Å². The van der Waals surface area contributed by atoms with Gasteiger partial charge in [0.25, 0.3) is 0 Å². The minimum atomic E-state index is -0.0600. The van der Waals surface area contributed by atoms with E-state index in [4.69, 9.17) is 5.73 Å². The lowest BCUT2D eigenvalue weighted by Crippen LogP contribution is -2.43. The molecule has 1 aliphatic rings. The molecule has 86 valence electrons. The number of carbonyl (C=O) groups excluding carboxylic acids is 1. The number of rotatable bonds is 2. The molecule has 0 radical (unpaired) electrons. The van der Waals surface area contributed by atoms with Crippen LogP contribution in [0.3, 0.4) is 0 Å². The Kier molecular flexibility index (Phi) is 3.41. The summed E-state index contributed by atoms with van der Waals surface area (Å²) >= 11 is 0. The topological polar surface area (TPSA) is 67.1 Å². The van der Waals surface area contributed by atoms with Crippen molar-refractivity contribution in [1.29, 1.82) is 0 Å². The van der Waals surface area contributed by atoms with E-state index in [1.807, 2.05) is 12.1 Å². The van der Waals surface area contributed by atoms with Crippen molar-refractivity contribution >= 4 is 17.3 Å². The van der Waals surface area contributed by atoms with Gasteiger partial charge in [-0.05, 0) is 37.6 Å². The van der Waals surface area contributed by atoms with Crippen molar-refractivity contribution < 1.29 is 4.79 Å². The number of nitrogens with two attached hydrogens (primary N) is 1. The minimum Gasteiger partial charge on any atom is -0.399 e. The van der Waals surface area contributed by atoms with Crippen LogP contribution in [0.1, 0.15) is 19.3 Å². The van der Waals surface area contributed by atoms with Gasteiger partial charge in [-0.1, -0.05) is 12.5 Å². The number of piperidine rings is 1. The van der Waals surface area contributed by atoms with Crippen LogP contribution in [0.15, 0.2) is 24.3 Å². The second kappa shape index (κ2) is 4.99. The number of hydrogen-bond donors (Lipinski definition) is 3. The fraction of sp³-hybridized carbons (Fsp3) is 0.417. The fourth-order valence-electron chi connectivity index (χ4n) is 1.92. The largest absolute Gasteiger partial charge is 0.399 e. The first-order valence-electron chi connectivity index (χ1n) is 5.65. The first kappa shape index (κ1) is 11.0. The Balaban J connectivity index is 1.96. The van der Waals surface area contributed by atoms with Gasteiger partial charge in [0.15, 0.2) is 0 Å². The molecule has 0 aromatic heterocycles. The van der Waals surface area contributed by atoms with Gasteiger partial charge in [0, 0.05) is 11.4 Å². The molecule has 1 aromatic rings. The van der Waals surface area contributed by atoms with Crippen LogP contribution in [0.4, 0.5) is 11.4 Å². The molecule has 1 fully saturated rings. The third-order valence-electron chi connectivity index (χ3n) is 2.78. The third-order valence-corrected chi connectivity index (χ3v) is 2.78. The number of hydrogen-bond acceptors (Lipinski definition) is 3. The summed E-state index contributed by atoms with van der Waals surface area (Å²) in [7, 11) is 0. The molecule has 2 rings (SSSR count). The number of anilines is 2. The first-order chi connectivity index (χ1) is 7.75. The summed E-state index contributed by atoms with van der Waals surface area (Å²) in [6, 6.07) is 7.18. The summed E-state index contributed by atoms with van der Waals surface area (Å²) in [5.74, 6) is 0.0327. The van der Waals surface area contributed by atoms with Crippen molar-refractivity contribution in [1.82, 2.24) is 5.32 Å². The van der Waals surface area contributed by atoms with Gasteiger partial charge in [0.05, 0.1) is 6.04 Å². The fourth-order valence-corrected chi connectivity index (χ4v) is 1.92. The number of carbonyl (C=O) groups is 1. The van der Waals surface area contributed by atoms with Gasteiger partial charge < -0.3 is 16.4 Å². The number of nitrogens with one attached hydrogen (secondary N) is 2. The van der Waals surface area contributed by atoms with Crippen molar-refractivity contribution in [2.45, 2.75) is 25.3 Å². The highest BCUT2D eigenvalue weighted by molar-refractivity contribution is 5.95. The molecule has 1 amide bonds. The highest BCUT2D eigenvalue weighted by atomic mass is 16.2. The SMILES string of the molecule is Nc1cccc(NC(=O)C2CCCCN2)c1. The Morgan fingerprint density at radius 1 is 1.44 bits per heavy atom. The second-order valence-electron chi connectivity index (χ2n) is 4.12. The van der Waals surface area contributed by atoms with Crippen molar-refractivity contribution in [3.05, 3.63) is 24.3 Å². The van der Waals surface area contributed by atoms with E-state index in [2.05, 4.69) is 10.6 Å². The van der Waals surface area contributed by atoms with Crippen molar-refractivity contribution in [2.24, 2.45) is 0 Å². The van der Waals surface area contributed by atoms with Gasteiger partial charge in [-0.3, -0.25) is 4.79 Å². The van der Waals surface area contributed by atoms with Crippen molar-refractivity contribution in [2.75, 3.05) is 17.6 Å². The van der Waals surface area contributed by atoms with Crippen LogP contribution in [-0.2, 0) is 4.79 Å². The molecule has 0 saturated carbocycles. The molecule has 1 heterocycles. The predicted octanol–water partition coefficient (Wildman–Crippen LogP) is 1.35. The first-order valence-corrected chi connectivity index (χ1v) is 5.65. The molecule has 0 bridgehead atoms. The van der Waals surface area contributed by atoms with Crippen LogP contribution in [0.2, 0.25) is 0 Å². The molecule has 4 nitrogen and oxygen atoms in total. The standard InChI is InChI=1S/C12H17N3O/c13-9-4-3-5-10(8-9)15-12(16)11-6-1-2-7-14-11/h3-5,8,11,14H,1-2,6-7,13H2,(H,15,16).